The smallest absolute Gasteiger partial charge is 0.0432 e. The maximum atomic E-state index is 8.08. The molecule has 0 heterocycles. The van der Waals surface area contributed by atoms with E-state index in [9.17, 15) is 0 Å². The monoisotopic (exact) mass is 387 g/mol. The van der Waals surface area contributed by atoms with E-state index in [1.165, 1.54) is 28.5 Å². The maximum absolute atomic E-state index is 8.08. The molecule has 0 aliphatic heterocycles. The van der Waals surface area contributed by atoms with Gasteiger partial charge < -0.3 is 16.5 Å². The summed E-state index contributed by atoms with van der Waals surface area (Å²) in [4.78, 5) is 0. The lowest BCUT2D eigenvalue weighted by Crippen LogP contribution is -2.31. The molecule has 1 atom stereocenters. The van der Waals surface area contributed by atoms with E-state index < -0.39 is 0 Å². The molecule has 3 rings (SSSR count). The highest BCUT2D eigenvalue weighted by Gasteiger charge is 2.36. The van der Waals surface area contributed by atoms with Crippen molar-refractivity contribution in [2.75, 3.05) is 11.9 Å². The summed E-state index contributed by atoms with van der Waals surface area (Å²) in [6.45, 7) is 7.14. The molecule has 2 aromatic carbocycles. The fourth-order valence-corrected chi connectivity index (χ4v) is 4.39. The summed E-state index contributed by atoms with van der Waals surface area (Å²) in [7, 11) is 0. The zero-order chi connectivity index (χ0) is 20.9. The average Bonchev–Trinajstić information content (AvgIpc) is 2.71. The fourth-order valence-electron chi connectivity index (χ4n) is 4.39. The van der Waals surface area contributed by atoms with E-state index in [4.69, 9.17) is 11.1 Å². The zero-order valence-electron chi connectivity index (χ0n) is 17.9. The zero-order valence-corrected chi connectivity index (χ0v) is 17.9. The number of nitrogens with one attached hydrogen (secondary N) is 2. The van der Waals surface area contributed by atoms with Crippen molar-refractivity contribution in [2.45, 2.75) is 46.5 Å². The molecule has 0 fully saturated rings. The molecule has 0 saturated carbocycles. The van der Waals surface area contributed by atoms with Gasteiger partial charge in [-0.15, -0.1) is 0 Å². The van der Waals surface area contributed by atoms with Crippen LogP contribution in [0, 0.1) is 24.7 Å². The van der Waals surface area contributed by atoms with Gasteiger partial charge in [0.05, 0.1) is 0 Å². The molecule has 0 saturated heterocycles. The van der Waals surface area contributed by atoms with Gasteiger partial charge in [-0.3, -0.25) is 0 Å². The first kappa shape index (κ1) is 21.1. The van der Waals surface area contributed by atoms with Gasteiger partial charge in [-0.25, -0.2) is 0 Å². The third-order valence-corrected chi connectivity index (χ3v) is 6.09. The summed E-state index contributed by atoms with van der Waals surface area (Å²) in [6.07, 6.45) is 7.53. The second kappa shape index (κ2) is 9.23. The van der Waals surface area contributed by atoms with Crippen LogP contribution in [-0.2, 0) is 6.42 Å². The van der Waals surface area contributed by atoms with Crippen LogP contribution in [0.15, 0.2) is 71.5 Å². The second-order valence-corrected chi connectivity index (χ2v) is 8.26. The first-order valence-corrected chi connectivity index (χ1v) is 10.5. The number of hydrogen-bond acceptors (Lipinski definition) is 3. The van der Waals surface area contributed by atoms with Crippen molar-refractivity contribution in [1.82, 2.24) is 0 Å². The Morgan fingerprint density at radius 1 is 1.10 bits per heavy atom. The lowest BCUT2D eigenvalue weighted by molar-refractivity contribution is 0.323. The van der Waals surface area contributed by atoms with Crippen LogP contribution < -0.4 is 11.1 Å². The molecule has 3 heteroatoms. The van der Waals surface area contributed by atoms with Crippen LogP contribution in [0.5, 0.6) is 0 Å². The number of benzene rings is 2. The van der Waals surface area contributed by atoms with Gasteiger partial charge in [0, 0.05) is 17.6 Å². The van der Waals surface area contributed by atoms with Crippen molar-refractivity contribution in [3.63, 3.8) is 0 Å². The van der Waals surface area contributed by atoms with Gasteiger partial charge in [0.2, 0.25) is 0 Å². The van der Waals surface area contributed by atoms with Crippen molar-refractivity contribution in [3.05, 3.63) is 88.1 Å². The lowest BCUT2D eigenvalue weighted by Gasteiger charge is -2.40. The van der Waals surface area contributed by atoms with E-state index in [0.717, 1.165) is 42.6 Å². The van der Waals surface area contributed by atoms with E-state index in [-0.39, 0.29) is 5.41 Å². The minimum Gasteiger partial charge on any atom is -0.355 e. The van der Waals surface area contributed by atoms with Crippen LogP contribution in [0.1, 0.15) is 42.9 Å². The van der Waals surface area contributed by atoms with Crippen molar-refractivity contribution in [1.29, 1.82) is 5.41 Å². The van der Waals surface area contributed by atoms with Crippen LogP contribution in [0.4, 0.5) is 5.69 Å². The number of nitrogens with two attached hydrogens (primary N) is 1. The van der Waals surface area contributed by atoms with Crippen molar-refractivity contribution in [3.8, 4) is 0 Å². The Kier molecular flexibility index (Phi) is 6.71. The molecule has 0 spiro atoms. The quantitative estimate of drug-likeness (QED) is 0.491. The van der Waals surface area contributed by atoms with Gasteiger partial charge in [0.1, 0.15) is 0 Å². The third kappa shape index (κ3) is 4.86. The van der Waals surface area contributed by atoms with E-state index in [1.807, 2.05) is 0 Å². The molecule has 0 amide bonds. The highest BCUT2D eigenvalue weighted by molar-refractivity contribution is 5.81. The van der Waals surface area contributed by atoms with E-state index in [0.29, 0.717) is 6.54 Å². The first-order valence-electron chi connectivity index (χ1n) is 10.5. The third-order valence-electron chi connectivity index (χ3n) is 6.09. The summed E-state index contributed by atoms with van der Waals surface area (Å²) >= 11 is 0. The Labute approximate surface area is 175 Å². The summed E-state index contributed by atoms with van der Waals surface area (Å²) in [5, 5.41) is 11.6. The Morgan fingerprint density at radius 3 is 2.48 bits per heavy atom. The second-order valence-electron chi connectivity index (χ2n) is 8.26. The summed E-state index contributed by atoms with van der Waals surface area (Å²) in [5.41, 5.74) is 14.4. The minimum absolute atomic E-state index is 0.0124. The standard InChI is InChI=1S/C26H33N3/c1-4-26(16-21-7-5-6-20(3)14-21)17-22(18-28)25(15-23(26)12-13-27)29-24-10-8-19(2)9-11-24/h5-11,14-15,18,28-29H,4,12-13,16-17,27H2,1-3H3. The summed E-state index contributed by atoms with van der Waals surface area (Å²) in [6, 6.07) is 17.2. The average molecular weight is 388 g/mol. The first-order chi connectivity index (χ1) is 14.0. The molecule has 0 radical (unpaired) electrons. The van der Waals surface area contributed by atoms with Gasteiger partial charge >= 0.3 is 0 Å². The Bertz CT molecular complexity index is 921. The molecule has 0 aromatic heterocycles. The Morgan fingerprint density at radius 2 is 1.86 bits per heavy atom. The molecular weight excluding hydrogens is 354 g/mol. The van der Waals surface area contributed by atoms with Crippen LogP contribution in [-0.4, -0.2) is 12.8 Å². The van der Waals surface area contributed by atoms with Crippen LogP contribution in [0.2, 0.25) is 0 Å². The number of anilines is 1. The highest BCUT2D eigenvalue weighted by atomic mass is 14.9. The number of allylic oxidation sites excluding steroid dienone is 2. The molecule has 3 nitrogen and oxygen atoms in total. The van der Waals surface area contributed by atoms with Gasteiger partial charge in [-0.2, -0.15) is 0 Å². The molecule has 0 bridgehead atoms. The van der Waals surface area contributed by atoms with Crippen LogP contribution >= 0.6 is 0 Å². The largest absolute Gasteiger partial charge is 0.355 e. The van der Waals surface area contributed by atoms with Gasteiger partial charge in [-0.1, -0.05) is 60.0 Å². The number of aryl methyl sites for hydroxylation is 2. The van der Waals surface area contributed by atoms with Gasteiger partial charge in [0.25, 0.3) is 0 Å². The highest BCUT2D eigenvalue weighted by Crippen LogP contribution is 2.46. The van der Waals surface area contributed by atoms with E-state index >= 15 is 0 Å². The molecule has 1 aliphatic rings. The van der Waals surface area contributed by atoms with E-state index in [1.54, 1.807) is 0 Å². The molecular formula is C26H33N3. The Balaban J connectivity index is 1.97. The number of rotatable bonds is 8. The molecule has 1 aliphatic carbocycles. The van der Waals surface area contributed by atoms with Gasteiger partial charge in [-0.05, 0) is 80.8 Å². The van der Waals surface area contributed by atoms with Crippen molar-refractivity contribution in [2.24, 2.45) is 11.1 Å². The molecule has 152 valence electrons. The number of hydrogen-bond donors (Lipinski definition) is 3. The van der Waals surface area contributed by atoms with Crippen molar-refractivity contribution >= 4 is 11.9 Å². The summed E-state index contributed by atoms with van der Waals surface area (Å²) in [5.74, 6) is 0. The molecule has 2 aromatic rings. The predicted octanol–water partition coefficient (Wildman–Crippen LogP) is 5.94. The molecule has 1 unspecified atom stereocenters. The minimum atomic E-state index is 0.0124. The fraction of sp³-hybridized carbons (Fsp3) is 0.346. The van der Waals surface area contributed by atoms with Crippen molar-refractivity contribution < 1.29 is 0 Å². The van der Waals surface area contributed by atoms with Crippen LogP contribution in [0.25, 0.3) is 0 Å². The normalized spacial score (nSPS) is 19.1. The van der Waals surface area contributed by atoms with E-state index in [2.05, 4.69) is 80.7 Å². The van der Waals surface area contributed by atoms with Gasteiger partial charge in [0.15, 0.2) is 0 Å². The topological polar surface area (TPSA) is 61.9 Å². The summed E-state index contributed by atoms with van der Waals surface area (Å²) < 4.78 is 0. The SMILES string of the molecule is CCC1(Cc2cccc(C)c2)CC(C=N)=C(Nc2ccc(C)cc2)C=C1CCN. The lowest BCUT2D eigenvalue weighted by atomic mass is 9.65. The molecule has 29 heavy (non-hydrogen) atoms. The maximum Gasteiger partial charge on any atom is 0.0432 e. The van der Waals surface area contributed by atoms with Crippen LogP contribution in [0.3, 0.4) is 0 Å². The Hall–Kier alpha value is -2.65. The molecule has 4 N–H and O–H groups in total. The predicted molar refractivity (Wildman–Crippen MR) is 125 cm³/mol.